The van der Waals surface area contributed by atoms with Crippen molar-refractivity contribution in [2.45, 2.75) is 6.18 Å². The Morgan fingerprint density at radius 2 is 2.00 bits per heavy atom. The zero-order valence-electron chi connectivity index (χ0n) is 10.8. The maximum atomic E-state index is 12.8. The molecule has 6 nitrogen and oxygen atoms in total. The van der Waals surface area contributed by atoms with Crippen molar-refractivity contribution in [3.63, 3.8) is 0 Å². The number of hydrogen-bond donors (Lipinski definition) is 1. The van der Waals surface area contributed by atoms with Crippen LogP contribution in [0.4, 0.5) is 18.0 Å². The van der Waals surface area contributed by atoms with Crippen LogP contribution in [0.3, 0.4) is 0 Å². The number of carbonyl (C=O) groups excluding carboxylic acids is 2. The summed E-state index contributed by atoms with van der Waals surface area (Å²) in [5, 5.41) is 8.58. The predicted molar refractivity (Wildman–Crippen MR) is 66.7 cm³/mol. The van der Waals surface area contributed by atoms with Gasteiger partial charge in [0.25, 0.3) is 5.24 Å². The Morgan fingerprint density at radius 3 is 2.43 bits per heavy atom. The number of rotatable bonds is 3. The standard InChI is InChI=1S/C11H13F3N2O4S/c12-11(13,14)7-4-16(3-6(7)9(18)19)8(17)5-15-1-2-21-10(15)20/h6-7H,1-5H2,(H,18,19)/t6-,7-/m1/s1. The molecule has 0 aromatic rings. The summed E-state index contributed by atoms with van der Waals surface area (Å²) in [5.41, 5.74) is 0. The van der Waals surface area contributed by atoms with Gasteiger partial charge in [0.15, 0.2) is 0 Å². The lowest BCUT2D eigenvalue weighted by Gasteiger charge is -2.21. The van der Waals surface area contributed by atoms with E-state index in [1.807, 2.05) is 0 Å². The van der Waals surface area contributed by atoms with E-state index in [0.717, 1.165) is 16.7 Å². The molecule has 0 aromatic carbocycles. The number of amides is 2. The molecular formula is C11H13F3N2O4S. The topological polar surface area (TPSA) is 77.9 Å². The molecule has 0 spiro atoms. The normalized spacial score (nSPS) is 26.5. The quantitative estimate of drug-likeness (QED) is 0.833. The molecule has 0 saturated carbocycles. The lowest BCUT2D eigenvalue weighted by molar-refractivity contribution is -0.188. The molecule has 0 radical (unpaired) electrons. The zero-order chi connectivity index (χ0) is 15.8. The van der Waals surface area contributed by atoms with Crippen molar-refractivity contribution in [2.75, 3.05) is 31.9 Å². The van der Waals surface area contributed by atoms with Gasteiger partial charge in [0.05, 0.1) is 11.8 Å². The second-order valence-corrected chi connectivity index (χ2v) is 5.97. The molecule has 2 aliphatic heterocycles. The van der Waals surface area contributed by atoms with E-state index in [1.165, 1.54) is 4.90 Å². The van der Waals surface area contributed by atoms with Crippen molar-refractivity contribution in [3.05, 3.63) is 0 Å². The molecule has 2 heterocycles. The van der Waals surface area contributed by atoms with E-state index in [4.69, 9.17) is 5.11 Å². The van der Waals surface area contributed by atoms with Crippen molar-refractivity contribution in [1.82, 2.24) is 9.80 Å². The number of nitrogens with zero attached hydrogens (tertiary/aromatic N) is 2. The number of halogens is 3. The highest BCUT2D eigenvalue weighted by atomic mass is 32.2. The van der Waals surface area contributed by atoms with Crippen LogP contribution in [0.15, 0.2) is 0 Å². The third kappa shape index (κ3) is 3.42. The fourth-order valence-electron chi connectivity index (χ4n) is 2.42. The lowest BCUT2D eigenvalue weighted by atomic mass is 9.96. The summed E-state index contributed by atoms with van der Waals surface area (Å²) >= 11 is 1.04. The van der Waals surface area contributed by atoms with Gasteiger partial charge in [-0.15, -0.1) is 0 Å². The molecule has 2 amide bonds. The van der Waals surface area contributed by atoms with Gasteiger partial charge in [-0.1, -0.05) is 11.8 Å². The highest BCUT2D eigenvalue weighted by Gasteiger charge is 2.53. The van der Waals surface area contributed by atoms with Gasteiger partial charge in [0.2, 0.25) is 5.91 Å². The number of carboxylic acid groups (broad SMARTS) is 1. The summed E-state index contributed by atoms with van der Waals surface area (Å²) in [6.07, 6.45) is -4.67. The van der Waals surface area contributed by atoms with Gasteiger partial charge in [0, 0.05) is 25.4 Å². The van der Waals surface area contributed by atoms with Crippen LogP contribution in [0.1, 0.15) is 0 Å². The van der Waals surface area contributed by atoms with Gasteiger partial charge in [-0.2, -0.15) is 13.2 Å². The van der Waals surface area contributed by atoms with E-state index in [1.54, 1.807) is 0 Å². The fourth-order valence-corrected chi connectivity index (χ4v) is 3.25. The molecule has 118 valence electrons. The maximum absolute atomic E-state index is 12.8. The van der Waals surface area contributed by atoms with E-state index in [2.05, 4.69) is 0 Å². The Balaban J connectivity index is 2.03. The predicted octanol–water partition coefficient (Wildman–Crippen LogP) is 0.877. The van der Waals surface area contributed by atoms with Gasteiger partial charge < -0.3 is 14.9 Å². The molecule has 0 aliphatic carbocycles. The summed E-state index contributed by atoms with van der Waals surface area (Å²) < 4.78 is 38.4. The number of likely N-dealkylation sites (tertiary alicyclic amines) is 1. The molecule has 2 aliphatic rings. The van der Waals surface area contributed by atoms with E-state index in [-0.39, 0.29) is 11.8 Å². The van der Waals surface area contributed by atoms with Crippen LogP contribution in [0, 0.1) is 11.8 Å². The lowest BCUT2D eigenvalue weighted by Crippen LogP contribution is -2.40. The summed E-state index contributed by atoms with van der Waals surface area (Å²) in [6.45, 7) is -1.08. The van der Waals surface area contributed by atoms with Gasteiger partial charge in [-0.05, 0) is 0 Å². The Hall–Kier alpha value is -1.45. The van der Waals surface area contributed by atoms with E-state index in [0.29, 0.717) is 12.3 Å². The smallest absolute Gasteiger partial charge is 0.394 e. The number of aliphatic carboxylic acids is 1. The number of carbonyl (C=O) groups is 3. The van der Waals surface area contributed by atoms with Crippen LogP contribution in [0.25, 0.3) is 0 Å². The number of thioether (sulfide) groups is 1. The second kappa shape index (κ2) is 5.74. The average Bonchev–Trinajstić information content (AvgIpc) is 2.95. The van der Waals surface area contributed by atoms with Crippen molar-refractivity contribution < 1.29 is 32.7 Å². The highest BCUT2D eigenvalue weighted by molar-refractivity contribution is 8.13. The van der Waals surface area contributed by atoms with Gasteiger partial charge >= 0.3 is 12.1 Å². The number of carboxylic acids is 1. The molecular weight excluding hydrogens is 313 g/mol. The molecule has 21 heavy (non-hydrogen) atoms. The summed E-state index contributed by atoms with van der Waals surface area (Å²) in [6, 6.07) is 0. The molecule has 0 unspecified atom stereocenters. The Labute approximate surface area is 122 Å². The molecule has 2 fully saturated rings. The van der Waals surface area contributed by atoms with E-state index < -0.39 is 43.0 Å². The minimum Gasteiger partial charge on any atom is -0.481 e. The van der Waals surface area contributed by atoms with E-state index >= 15 is 0 Å². The van der Waals surface area contributed by atoms with Gasteiger partial charge in [-0.25, -0.2) is 0 Å². The fraction of sp³-hybridized carbons (Fsp3) is 0.727. The summed E-state index contributed by atoms with van der Waals surface area (Å²) in [4.78, 5) is 36.4. The van der Waals surface area contributed by atoms with E-state index in [9.17, 15) is 27.6 Å². The molecule has 2 saturated heterocycles. The third-order valence-corrected chi connectivity index (χ3v) is 4.47. The van der Waals surface area contributed by atoms with Crippen molar-refractivity contribution in [1.29, 1.82) is 0 Å². The largest absolute Gasteiger partial charge is 0.481 e. The molecule has 2 atom stereocenters. The van der Waals surface area contributed by atoms with Crippen LogP contribution in [-0.4, -0.2) is 70.1 Å². The van der Waals surface area contributed by atoms with Crippen LogP contribution in [0.5, 0.6) is 0 Å². The Morgan fingerprint density at radius 1 is 1.33 bits per heavy atom. The van der Waals surface area contributed by atoms with Crippen molar-refractivity contribution in [3.8, 4) is 0 Å². The molecule has 0 aromatic heterocycles. The van der Waals surface area contributed by atoms with Gasteiger partial charge in [0.1, 0.15) is 6.54 Å². The van der Waals surface area contributed by atoms with Crippen molar-refractivity contribution >= 4 is 28.9 Å². The Bertz CT molecular complexity index is 471. The minimum atomic E-state index is -4.67. The minimum absolute atomic E-state index is 0.287. The van der Waals surface area contributed by atoms with Crippen molar-refractivity contribution in [2.24, 2.45) is 11.8 Å². The Kier molecular flexibility index (Phi) is 4.35. The third-order valence-electron chi connectivity index (χ3n) is 3.58. The average molecular weight is 326 g/mol. The van der Waals surface area contributed by atoms with Gasteiger partial charge in [-0.3, -0.25) is 14.4 Å². The number of alkyl halides is 3. The highest BCUT2D eigenvalue weighted by Crippen LogP contribution is 2.37. The molecule has 10 heteroatoms. The maximum Gasteiger partial charge on any atom is 0.394 e. The van der Waals surface area contributed by atoms with Crippen LogP contribution in [-0.2, 0) is 9.59 Å². The molecule has 2 rings (SSSR count). The first-order chi connectivity index (χ1) is 9.70. The monoisotopic (exact) mass is 326 g/mol. The first-order valence-electron chi connectivity index (χ1n) is 6.19. The van der Waals surface area contributed by atoms with Crippen LogP contribution in [0.2, 0.25) is 0 Å². The molecule has 1 N–H and O–H groups in total. The summed E-state index contributed by atoms with van der Waals surface area (Å²) in [7, 11) is 0. The first-order valence-corrected chi connectivity index (χ1v) is 7.17. The number of hydrogen-bond acceptors (Lipinski definition) is 4. The van der Waals surface area contributed by atoms with Crippen LogP contribution >= 0.6 is 11.8 Å². The van der Waals surface area contributed by atoms with Crippen LogP contribution < -0.4 is 0 Å². The summed E-state index contributed by atoms with van der Waals surface area (Å²) in [5.74, 6) is -5.40. The second-order valence-electron chi connectivity index (χ2n) is 4.93. The first kappa shape index (κ1) is 15.9. The SMILES string of the molecule is O=C(O)[C@@H]1CN(C(=O)CN2CCSC2=O)C[C@H]1C(F)(F)F. The molecule has 0 bridgehead atoms. The zero-order valence-corrected chi connectivity index (χ0v) is 11.6.